The van der Waals surface area contributed by atoms with Gasteiger partial charge in [-0.25, -0.2) is 4.98 Å². The number of aryl methyl sites for hydroxylation is 1. The minimum Gasteiger partial charge on any atom is -0.396 e. The number of aliphatic hydroxyl groups excluding tert-OH is 1. The lowest BCUT2D eigenvalue weighted by molar-refractivity contribution is 0.282. The third kappa shape index (κ3) is 5.28. The fourth-order valence-corrected chi connectivity index (χ4v) is 1.68. The lowest BCUT2D eigenvalue weighted by Gasteiger charge is -2.04. The summed E-state index contributed by atoms with van der Waals surface area (Å²) in [5, 5.41) is 12.0. The molecule has 0 spiro atoms. The number of rotatable bonds is 9. The van der Waals surface area contributed by atoms with Gasteiger partial charge in [0.1, 0.15) is 5.82 Å². The summed E-state index contributed by atoms with van der Waals surface area (Å²) in [6.07, 6.45) is 9.27. The number of unbranched alkanes of at least 4 members (excludes halogenated alkanes) is 3. The summed E-state index contributed by atoms with van der Waals surface area (Å²) < 4.78 is 2.06. The van der Waals surface area contributed by atoms with Gasteiger partial charge in [0.05, 0.1) is 0 Å². The summed E-state index contributed by atoms with van der Waals surface area (Å²) in [6, 6.07) is 0. The maximum Gasteiger partial charge on any atom is 0.109 e. The summed E-state index contributed by atoms with van der Waals surface area (Å²) in [5.74, 6) is 1.13. The molecule has 1 heterocycles. The highest BCUT2D eigenvalue weighted by molar-refractivity contribution is 4.91. The molecule has 4 nitrogen and oxygen atoms in total. The highest BCUT2D eigenvalue weighted by Gasteiger charge is 1.97. The monoisotopic (exact) mass is 225 g/mol. The Balaban J connectivity index is 1.91. The normalized spacial score (nSPS) is 10.9. The number of hydrogen-bond acceptors (Lipinski definition) is 3. The Kier molecular flexibility index (Phi) is 6.85. The van der Waals surface area contributed by atoms with Crippen molar-refractivity contribution in [3.63, 3.8) is 0 Å². The van der Waals surface area contributed by atoms with Crippen molar-refractivity contribution in [3.8, 4) is 0 Å². The summed E-state index contributed by atoms with van der Waals surface area (Å²) in [5.41, 5.74) is 0. The van der Waals surface area contributed by atoms with Gasteiger partial charge in [0.15, 0.2) is 0 Å². The van der Waals surface area contributed by atoms with Gasteiger partial charge in [0, 0.05) is 39.0 Å². The average Bonchev–Trinajstić information content (AvgIpc) is 2.68. The van der Waals surface area contributed by atoms with Crippen LogP contribution in [-0.2, 0) is 13.5 Å². The molecule has 0 atom stereocenters. The molecule has 16 heavy (non-hydrogen) atoms. The summed E-state index contributed by atoms with van der Waals surface area (Å²) in [7, 11) is 2.03. The number of aromatic nitrogens is 2. The fourth-order valence-electron chi connectivity index (χ4n) is 1.68. The Bertz CT molecular complexity index is 273. The first-order valence-electron chi connectivity index (χ1n) is 6.12. The molecule has 0 fully saturated rings. The van der Waals surface area contributed by atoms with E-state index in [4.69, 9.17) is 5.11 Å². The first kappa shape index (κ1) is 13.2. The Labute approximate surface area is 97.7 Å². The van der Waals surface area contributed by atoms with Gasteiger partial charge in [-0.15, -0.1) is 0 Å². The third-order valence-electron chi connectivity index (χ3n) is 2.71. The predicted octanol–water partition coefficient (Wildman–Crippen LogP) is 1.10. The van der Waals surface area contributed by atoms with Crippen molar-refractivity contribution < 1.29 is 5.11 Å². The highest BCUT2D eigenvalue weighted by atomic mass is 16.2. The van der Waals surface area contributed by atoms with Gasteiger partial charge in [-0.05, 0) is 19.4 Å². The van der Waals surface area contributed by atoms with Crippen molar-refractivity contribution in [1.29, 1.82) is 0 Å². The van der Waals surface area contributed by atoms with Gasteiger partial charge < -0.3 is 15.0 Å². The maximum absolute atomic E-state index is 8.61. The molecule has 1 aromatic heterocycles. The zero-order chi connectivity index (χ0) is 11.6. The van der Waals surface area contributed by atoms with E-state index >= 15 is 0 Å². The molecular formula is C12H23N3O. The first-order valence-corrected chi connectivity index (χ1v) is 6.12. The van der Waals surface area contributed by atoms with Crippen molar-refractivity contribution in [2.45, 2.75) is 32.1 Å². The Morgan fingerprint density at radius 3 is 2.75 bits per heavy atom. The molecule has 0 aliphatic heterocycles. The number of hydrogen-bond donors (Lipinski definition) is 2. The third-order valence-corrected chi connectivity index (χ3v) is 2.71. The molecule has 0 saturated carbocycles. The Hall–Kier alpha value is -0.870. The second-order valence-electron chi connectivity index (χ2n) is 4.09. The lowest BCUT2D eigenvalue weighted by atomic mass is 10.2. The summed E-state index contributed by atoms with van der Waals surface area (Å²) in [6.45, 7) is 2.38. The second kappa shape index (κ2) is 8.30. The van der Waals surface area contributed by atoms with Gasteiger partial charge in [0.25, 0.3) is 0 Å². The van der Waals surface area contributed by atoms with Crippen molar-refractivity contribution in [2.75, 3.05) is 19.7 Å². The summed E-state index contributed by atoms with van der Waals surface area (Å²) >= 11 is 0. The molecular weight excluding hydrogens is 202 g/mol. The molecule has 2 N–H and O–H groups in total. The van der Waals surface area contributed by atoms with E-state index in [1.807, 2.05) is 19.4 Å². The van der Waals surface area contributed by atoms with E-state index in [1.54, 1.807) is 0 Å². The number of nitrogens with one attached hydrogen (secondary N) is 1. The van der Waals surface area contributed by atoms with Crippen LogP contribution in [0.5, 0.6) is 0 Å². The van der Waals surface area contributed by atoms with Crippen LogP contribution in [0.1, 0.15) is 31.5 Å². The number of aliphatic hydroxyl groups is 1. The van der Waals surface area contributed by atoms with Crippen LogP contribution in [0.2, 0.25) is 0 Å². The SMILES string of the molecule is Cn1ccnc1CCNCCCCCCO. The van der Waals surface area contributed by atoms with Gasteiger partial charge in [-0.2, -0.15) is 0 Å². The van der Waals surface area contributed by atoms with Crippen LogP contribution in [0.15, 0.2) is 12.4 Å². The maximum atomic E-state index is 8.61. The van der Waals surface area contributed by atoms with Crippen LogP contribution in [0.4, 0.5) is 0 Å². The molecule has 0 amide bonds. The van der Waals surface area contributed by atoms with Gasteiger partial charge in [-0.3, -0.25) is 0 Å². The standard InChI is InChI=1S/C12H23N3O/c1-15-10-9-14-12(15)6-8-13-7-4-2-3-5-11-16/h9-10,13,16H,2-8,11H2,1H3. The second-order valence-corrected chi connectivity index (χ2v) is 4.09. The molecule has 0 aliphatic rings. The number of imidazole rings is 1. The quantitative estimate of drug-likeness (QED) is 0.619. The minimum atomic E-state index is 0.326. The van der Waals surface area contributed by atoms with Gasteiger partial charge in [0.2, 0.25) is 0 Å². The van der Waals surface area contributed by atoms with E-state index < -0.39 is 0 Å². The van der Waals surface area contributed by atoms with E-state index in [-0.39, 0.29) is 0 Å². The van der Waals surface area contributed by atoms with Gasteiger partial charge in [-0.1, -0.05) is 12.8 Å². The van der Waals surface area contributed by atoms with Crippen LogP contribution in [0, 0.1) is 0 Å². The van der Waals surface area contributed by atoms with Crippen molar-refractivity contribution in [2.24, 2.45) is 7.05 Å². The molecule has 4 heteroatoms. The van der Waals surface area contributed by atoms with E-state index in [0.717, 1.165) is 38.2 Å². The molecule has 1 rings (SSSR count). The fraction of sp³-hybridized carbons (Fsp3) is 0.750. The minimum absolute atomic E-state index is 0.326. The van der Waals surface area contributed by atoms with E-state index in [0.29, 0.717) is 6.61 Å². The lowest BCUT2D eigenvalue weighted by Crippen LogP contribution is -2.19. The predicted molar refractivity (Wildman–Crippen MR) is 65.3 cm³/mol. The van der Waals surface area contributed by atoms with Crippen molar-refractivity contribution in [3.05, 3.63) is 18.2 Å². The molecule has 0 radical (unpaired) electrons. The van der Waals surface area contributed by atoms with Crippen molar-refractivity contribution in [1.82, 2.24) is 14.9 Å². The average molecular weight is 225 g/mol. The molecule has 0 unspecified atom stereocenters. The largest absolute Gasteiger partial charge is 0.396 e. The molecule has 1 aromatic rings. The van der Waals surface area contributed by atoms with Crippen LogP contribution in [0.3, 0.4) is 0 Å². The Morgan fingerprint density at radius 1 is 1.25 bits per heavy atom. The Morgan fingerprint density at radius 2 is 2.06 bits per heavy atom. The van der Waals surface area contributed by atoms with Crippen LogP contribution < -0.4 is 5.32 Å². The molecule has 92 valence electrons. The van der Waals surface area contributed by atoms with Crippen molar-refractivity contribution >= 4 is 0 Å². The number of nitrogens with zero attached hydrogens (tertiary/aromatic N) is 2. The molecule has 0 bridgehead atoms. The van der Waals surface area contributed by atoms with Crippen LogP contribution in [0.25, 0.3) is 0 Å². The molecule has 0 aromatic carbocycles. The van der Waals surface area contributed by atoms with Gasteiger partial charge >= 0.3 is 0 Å². The van der Waals surface area contributed by atoms with E-state index in [2.05, 4.69) is 14.9 Å². The zero-order valence-corrected chi connectivity index (χ0v) is 10.2. The molecule has 0 aliphatic carbocycles. The van der Waals surface area contributed by atoms with Crippen LogP contribution >= 0.6 is 0 Å². The zero-order valence-electron chi connectivity index (χ0n) is 10.2. The summed E-state index contributed by atoms with van der Waals surface area (Å²) in [4.78, 5) is 4.27. The van der Waals surface area contributed by atoms with E-state index in [1.165, 1.54) is 12.8 Å². The highest BCUT2D eigenvalue weighted by Crippen LogP contribution is 1.98. The molecule has 0 saturated heterocycles. The van der Waals surface area contributed by atoms with E-state index in [9.17, 15) is 0 Å². The smallest absolute Gasteiger partial charge is 0.109 e. The topological polar surface area (TPSA) is 50.1 Å². The van der Waals surface area contributed by atoms with Crippen LogP contribution in [-0.4, -0.2) is 34.4 Å². The first-order chi connectivity index (χ1) is 7.84.